The highest BCUT2D eigenvalue weighted by atomic mass is 19.4. The van der Waals surface area contributed by atoms with E-state index in [1.807, 2.05) is 0 Å². The lowest BCUT2D eigenvalue weighted by Gasteiger charge is -2.32. The number of nitrogens with zero attached hydrogens (tertiary/aromatic N) is 1. The van der Waals surface area contributed by atoms with E-state index >= 15 is 0 Å². The van der Waals surface area contributed by atoms with E-state index in [-0.39, 0.29) is 17.5 Å². The fourth-order valence-corrected chi connectivity index (χ4v) is 2.87. The number of rotatable bonds is 5. The summed E-state index contributed by atoms with van der Waals surface area (Å²) in [5.74, 6) is -1.32. The Balaban J connectivity index is 2.82. The predicted molar refractivity (Wildman–Crippen MR) is 79.0 cm³/mol. The molecule has 0 spiro atoms. The van der Waals surface area contributed by atoms with Crippen molar-refractivity contribution in [1.29, 1.82) is 0 Å². The fraction of sp³-hybridized carbons (Fsp3) is 0.294. The van der Waals surface area contributed by atoms with Crippen LogP contribution in [0.2, 0.25) is 0 Å². The minimum absolute atomic E-state index is 0.0428. The summed E-state index contributed by atoms with van der Waals surface area (Å²) in [6.45, 7) is 1.74. The van der Waals surface area contributed by atoms with Crippen LogP contribution in [-0.4, -0.2) is 16.1 Å². The minimum atomic E-state index is -4.63. The van der Waals surface area contributed by atoms with E-state index in [0.717, 1.165) is 6.07 Å². The first-order valence-electron chi connectivity index (χ1n) is 7.14. The molecule has 0 aliphatic carbocycles. The van der Waals surface area contributed by atoms with Crippen LogP contribution in [0, 0.1) is 0 Å². The van der Waals surface area contributed by atoms with Crippen LogP contribution in [0.3, 0.4) is 0 Å². The molecule has 6 heteroatoms. The molecule has 0 saturated heterocycles. The van der Waals surface area contributed by atoms with Gasteiger partial charge in [0.15, 0.2) is 0 Å². The average molecular weight is 323 g/mol. The van der Waals surface area contributed by atoms with Crippen molar-refractivity contribution in [3.8, 4) is 0 Å². The molecule has 1 heterocycles. The number of halogens is 3. The summed E-state index contributed by atoms with van der Waals surface area (Å²) >= 11 is 0. The molecular weight excluding hydrogens is 307 g/mol. The third-order valence-corrected chi connectivity index (χ3v) is 3.84. The van der Waals surface area contributed by atoms with E-state index in [9.17, 15) is 23.1 Å². The fourth-order valence-electron chi connectivity index (χ4n) is 2.87. The molecule has 0 aliphatic rings. The average Bonchev–Trinajstić information content (AvgIpc) is 2.52. The van der Waals surface area contributed by atoms with Gasteiger partial charge in [-0.15, -0.1) is 0 Å². The molecule has 1 unspecified atom stereocenters. The molecule has 1 aromatic carbocycles. The van der Waals surface area contributed by atoms with Crippen molar-refractivity contribution in [2.45, 2.75) is 31.4 Å². The van der Waals surface area contributed by atoms with Crippen LogP contribution in [-0.2, 0) is 16.4 Å². The van der Waals surface area contributed by atoms with E-state index < -0.39 is 23.1 Å². The monoisotopic (exact) mass is 323 g/mol. The van der Waals surface area contributed by atoms with Crippen molar-refractivity contribution in [3.05, 3.63) is 65.5 Å². The summed E-state index contributed by atoms with van der Waals surface area (Å²) in [6, 6.07) is 7.86. The lowest BCUT2D eigenvalue weighted by atomic mass is 9.70. The van der Waals surface area contributed by atoms with Gasteiger partial charge in [-0.2, -0.15) is 13.2 Å². The third kappa shape index (κ3) is 3.06. The molecule has 0 fully saturated rings. The maximum atomic E-state index is 13.4. The molecule has 1 aromatic heterocycles. The molecule has 0 bridgehead atoms. The molecule has 1 atom stereocenters. The molecule has 2 rings (SSSR count). The Morgan fingerprint density at radius 1 is 1.13 bits per heavy atom. The molecule has 1 N–H and O–H groups in total. The van der Waals surface area contributed by atoms with Gasteiger partial charge < -0.3 is 5.11 Å². The lowest BCUT2D eigenvalue weighted by Crippen LogP contribution is -2.39. The quantitative estimate of drug-likeness (QED) is 0.894. The number of hydrogen-bond acceptors (Lipinski definition) is 2. The molecule has 0 saturated carbocycles. The highest BCUT2D eigenvalue weighted by Gasteiger charge is 2.47. The van der Waals surface area contributed by atoms with Crippen molar-refractivity contribution >= 4 is 5.97 Å². The number of benzene rings is 1. The summed E-state index contributed by atoms with van der Waals surface area (Å²) in [4.78, 5) is 16.0. The van der Waals surface area contributed by atoms with Gasteiger partial charge >= 0.3 is 12.1 Å². The van der Waals surface area contributed by atoms with Crippen molar-refractivity contribution in [2.75, 3.05) is 0 Å². The second-order valence-corrected chi connectivity index (χ2v) is 5.25. The molecule has 0 aliphatic heterocycles. The zero-order valence-electron chi connectivity index (χ0n) is 12.5. The van der Waals surface area contributed by atoms with E-state index in [4.69, 9.17) is 0 Å². The summed E-state index contributed by atoms with van der Waals surface area (Å²) in [6.07, 6.45) is -1.41. The van der Waals surface area contributed by atoms with E-state index in [1.54, 1.807) is 6.92 Å². The number of carboxylic acids is 1. The number of aliphatic carboxylic acids is 1. The molecule has 122 valence electrons. The maximum absolute atomic E-state index is 13.4. The van der Waals surface area contributed by atoms with Gasteiger partial charge in [0.2, 0.25) is 0 Å². The van der Waals surface area contributed by atoms with Crippen LogP contribution < -0.4 is 0 Å². The summed E-state index contributed by atoms with van der Waals surface area (Å²) in [5, 5.41) is 9.86. The number of hydrogen-bond donors (Lipinski definition) is 1. The molecule has 0 radical (unpaired) electrons. The topological polar surface area (TPSA) is 50.2 Å². The summed E-state index contributed by atoms with van der Waals surface area (Å²) in [5.41, 5.74) is -2.73. The predicted octanol–water partition coefficient (Wildman–Crippen LogP) is 4.27. The first kappa shape index (κ1) is 17.0. The molecule has 23 heavy (non-hydrogen) atoms. The van der Waals surface area contributed by atoms with Gasteiger partial charge in [0.1, 0.15) is 5.41 Å². The Morgan fingerprint density at radius 3 is 2.26 bits per heavy atom. The summed E-state index contributed by atoms with van der Waals surface area (Å²) in [7, 11) is 0. The molecule has 2 aromatic rings. The van der Waals surface area contributed by atoms with Crippen molar-refractivity contribution < 1.29 is 23.1 Å². The van der Waals surface area contributed by atoms with Crippen LogP contribution in [0.1, 0.15) is 36.5 Å². The van der Waals surface area contributed by atoms with E-state index in [2.05, 4.69) is 4.98 Å². The largest absolute Gasteiger partial charge is 0.480 e. The van der Waals surface area contributed by atoms with Gasteiger partial charge in [-0.1, -0.05) is 37.6 Å². The minimum Gasteiger partial charge on any atom is -0.480 e. The zero-order chi connectivity index (χ0) is 17.1. The van der Waals surface area contributed by atoms with Gasteiger partial charge in [0.05, 0.1) is 5.56 Å². The Kier molecular flexibility index (Phi) is 4.73. The SMILES string of the molecule is CCCC(C(=O)O)(c1cccnc1)c1ccccc1C(F)(F)F. The summed E-state index contributed by atoms with van der Waals surface area (Å²) < 4.78 is 40.2. The maximum Gasteiger partial charge on any atom is 0.416 e. The van der Waals surface area contributed by atoms with Crippen molar-refractivity contribution in [1.82, 2.24) is 4.98 Å². The molecule has 0 amide bonds. The number of carbonyl (C=O) groups is 1. The van der Waals surface area contributed by atoms with Gasteiger partial charge in [0.25, 0.3) is 0 Å². The van der Waals surface area contributed by atoms with Crippen LogP contribution >= 0.6 is 0 Å². The van der Waals surface area contributed by atoms with Gasteiger partial charge in [0, 0.05) is 12.4 Å². The van der Waals surface area contributed by atoms with Crippen molar-refractivity contribution in [3.63, 3.8) is 0 Å². The molecular formula is C17H16F3NO2. The highest BCUT2D eigenvalue weighted by Crippen LogP contribution is 2.43. The Hall–Kier alpha value is -2.37. The smallest absolute Gasteiger partial charge is 0.416 e. The number of aromatic nitrogens is 1. The van der Waals surface area contributed by atoms with E-state index in [1.165, 1.54) is 42.7 Å². The van der Waals surface area contributed by atoms with Gasteiger partial charge in [-0.3, -0.25) is 9.78 Å². The standard InChI is InChI=1S/C17H16F3NO2/c1-2-9-16(15(22)23,12-6-5-10-21-11-12)13-7-3-4-8-14(13)17(18,19)20/h3-8,10-11H,2,9H2,1H3,(H,22,23). The Bertz CT molecular complexity index is 686. The van der Waals surface area contributed by atoms with Crippen LogP contribution in [0.4, 0.5) is 13.2 Å². The third-order valence-electron chi connectivity index (χ3n) is 3.84. The highest BCUT2D eigenvalue weighted by molar-refractivity contribution is 5.86. The Labute approximate surface area is 131 Å². The molecule has 3 nitrogen and oxygen atoms in total. The Morgan fingerprint density at radius 2 is 1.78 bits per heavy atom. The van der Waals surface area contributed by atoms with Crippen LogP contribution in [0.5, 0.6) is 0 Å². The number of pyridine rings is 1. The van der Waals surface area contributed by atoms with Gasteiger partial charge in [-0.05, 0) is 29.7 Å². The van der Waals surface area contributed by atoms with Crippen molar-refractivity contribution in [2.24, 2.45) is 0 Å². The van der Waals surface area contributed by atoms with Gasteiger partial charge in [-0.25, -0.2) is 0 Å². The van der Waals surface area contributed by atoms with Crippen LogP contribution in [0.15, 0.2) is 48.8 Å². The first-order chi connectivity index (χ1) is 10.8. The van der Waals surface area contributed by atoms with E-state index in [0.29, 0.717) is 6.42 Å². The second-order valence-electron chi connectivity index (χ2n) is 5.25. The number of carboxylic acid groups (broad SMARTS) is 1. The lowest BCUT2D eigenvalue weighted by molar-refractivity contribution is -0.144. The second kappa shape index (κ2) is 6.40. The van der Waals surface area contributed by atoms with Crippen LogP contribution in [0.25, 0.3) is 0 Å². The zero-order valence-corrected chi connectivity index (χ0v) is 12.5. The number of alkyl halides is 3. The first-order valence-corrected chi connectivity index (χ1v) is 7.14. The normalized spacial score (nSPS) is 14.3.